The van der Waals surface area contributed by atoms with Crippen LogP contribution in [-0.2, 0) is 19.4 Å². The van der Waals surface area contributed by atoms with Crippen LogP contribution in [0.4, 0.5) is 0 Å². The molecule has 1 aromatic heterocycles. The minimum Gasteiger partial charge on any atom is -0.467 e. The quantitative estimate of drug-likeness (QED) is 0.750. The molecule has 1 saturated carbocycles. The van der Waals surface area contributed by atoms with Gasteiger partial charge in [-0.1, -0.05) is 32.6 Å². The van der Waals surface area contributed by atoms with E-state index >= 15 is 0 Å². The van der Waals surface area contributed by atoms with Crippen molar-refractivity contribution < 1.29 is 17.9 Å². The first kappa shape index (κ1) is 16.0. The van der Waals surface area contributed by atoms with Gasteiger partial charge >= 0.3 is 5.97 Å². The molecular formula is C14H22N2O4S. The molecule has 0 radical (unpaired) electrons. The summed E-state index contributed by atoms with van der Waals surface area (Å²) >= 11 is 0. The zero-order valence-electron chi connectivity index (χ0n) is 12.5. The highest BCUT2D eigenvalue weighted by molar-refractivity contribution is 7.91. The van der Waals surface area contributed by atoms with Crippen molar-refractivity contribution in [1.29, 1.82) is 0 Å². The van der Waals surface area contributed by atoms with Crippen LogP contribution in [-0.4, -0.2) is 37.0 Å². The summed E-state index contributed by atoms with van der Waals surface area (Å²) in [7, 11) is -1.96. The Balaban J connectivity index is 2.22. The van der Waals surface area contributed by atoms with Crippen LogP contribution in [0.5, 0.6) is 0 Å². The van der Waals surface area contributed by atoms with Crippen molar-refractivity contribution in [1.82, 2.24) is 9.78 Å². The van der Waals surface area contributed by atoms with Gasteiger partial charge in [-0.25, -0.2) is 13.2 Å². The molecule has 0 amide bonds. The number of rotatable bonds is 6. The molecule has 1 fully saturated rings. The molecule has 0 spiro atoms. The topological polar surface area (TPSA) is 78.3 Å². The molecule has 1 aromatic rings. The van der Waals surface area contributed by atoms with E-state index in [2.05, 4.69) is 5.10 Å². The molecule has 7 heteroatoms. The van der Waals surface area contributed by atoms with Crippen molar-refractivity contribution in [2.75, 3.05) is 12.9 Å². The number of ether oxygens (including phenoxy) is 1. The summed E-state index contributed by atoms with van der Waals surface area (Å²) in [6, 6.07) is -0.543. The zero-order valence-corrected chi connectivity index (χ0v) is 13.3. The fourth-order valence-electron chi connectivity index (χ4n) is 2.83. The van der Waals surface area contributed by atoms with Crippen molar-refractivity contribution in [3.05, 3.63) is 12.4 Å². The van der Waals surface area contributed by atoms with Gasteiger partial charge in [0, 0.05) is 6.20 Å². The average molecular weight is 314 g/mol. The van der Waals surface area contributed by atoms with Gasteiger partial charge in [0.1, 0.15) is 10.9 Å². The molecular weight excluding hydrogens is 292 g/mol. The number of hydrogen-bond donors (Lipinski definition) is 0. The van der Waals surface area contributed by atoms with E-state index in [1.165, 1.54) is 37.0 Å². The normalized spacial score (nSPS) is 17.8. The molecule has 1 heterocycles. The number of methoxy groups -OCH3 is 1. The molecule has 0 aromatic carbocycles. The van der Waals surface area contributed by atoms with Gasteiger partial charge in [0.15, 0.2) is 9.84 Å². The Kier molecular flexibility index (Phi) is 5.03. The number of hydrogen-bond acceptors (Lipinski definition) is 5. The predicted molar refractivity (Wildman–Crippen MR) is 77.6 cm³/mol. The fraction of sp³-hybridized carbons (Fsp3) is 0.714. The highest BCUT2D eigenvalue weighted by Crippen LogP contribution is 2.32. The van der Waals surface area contributed by atoms with Crippen molar-refractivity contribution in [2.45, 2.75) is 50.0 Å². The highest BCUT2D eigenvalue weighted by atomic mass is 32.2. The van der Waals surface area contributed by atoms with Crippen LogP contribution in [0.2, 0.25) is 0 Å². The number of aromatic nitrogens is 2. The number of carbonyl (C=O) groups is 1. The van der Waals surface area contributed by atoms with E-state index in [0.29, 0.717) is 12.3 Å². The minimum absolute atomic E-state index is 0.0181. The van der Waals surface area contributed by atoms with E-state index in [9.17, 15) is 13.2 Å². The fourth-order valence-corrected chi connectivity index (χ4v) is 3.64. The molecule has 6 nitrogen and oxygen atoms in total. The van der Waals surface area contributed by atoms with E-state index in [1.807, 2.05) is 0 Å². The second-order valence-corrected chi connectivity index (χ2v) is 7.76. The van der Waals surface area contributed by atoms with Crippen LogP contribution >= 0.6 is 0 Å². The first-order chi connectivity index (χ1) is 9.97. The lowest BCUT2D eigenvalue weighted by Crippen LogP contribution is -2.23. The lowest BCUT2D eigenvalue weighted by molar-refractivity contribution is -0.145. The molecule has 0 N–H and O–H groups in total. The van der Waals surface area contributed by atoms with Gasteiger partial charge < -0.3 is 4.74 Å². The van der Waals surface area contributed by atoms with E-state index < -0.39 is 15.9 Å². The van der Waals surface area contributed by atoms with E-state index in [1.54, 1.807) is 6.92 Å². The summed E-state index contributed by atoms with van der Waals surface area (Å²) in [5.74, 6) is 0.125. The van der Waals surface area contributed by atoms with Crippen molar-refractivity contribution in [2.24, 2.45) is 5.92 Å². The number of sulfone groups is 1. The Labute approximate surface area is 125 Å². The maximum atomic E-state index is 12.0. The summed E-state index contributed by atoms with van der Waals surface area (Å²) < 4.78 is 30.0. The van der Waals surface area contributed by atoms with E-state index in [4.69, 9.17) is 4.74 Å². The second kappa shape index (κ2) is 6.60. The Morgan fingerprint density at radius 2 is 2.14 bits per heavy atom. The van der Waals surface area contributed by atoms with Gasteiger partial charge in [0.25, 0.3) is 0 Å². The zero-order chi connectivity index (χ0) is 15.5. The molecule has 0 saturated heterocycles. The Bertz CT molecular complexity index is 588. The smallest absolute Gasteiger partial charge is 0.330 e. The minimum atomic E-state index is -3.31. The number of esters is 1. The molecule has 118 valence electrons. The van der Waals surface area contributed by atoms with Crippen molar-refractivity contribution >= 4 is 15.8 Å². The second-order valence-electron chi connectivity index (χ2n) is 5.48. The molecule has 0 bridgehead atoms. The number of nitrogens with zero attached hydrogens (tertiary/aromatic N) is 2. The maximum Gasteiger partial charge on any atom is 0.330 e. The third-order valence-electron chi connectivity index (χ3n) is 4.14. The van der Waals surface area contributed by atoms with Gasteiger partial charge in [-0.3, -0.25) is 4.68 Å². The highest BCUT2D eigenvalue weighted by Gasteiger charge is 2.29. The summed E-state index contributed by atoms with van der Waals surface area (Å²) in [5.41, 5.74) is 0. The maximum absolute atomic E-state index is 12.0. The molecule has 0 aliphatic heterocycles. The third kappa shape index (κ3) is 3.64. The van der Waals surface area contributed by atoms with Crippen molar-refractivity contribution in [3.8, 4) is 0 Å². The van der Waals surface area contributed by atoms with Crippen LogP contribution in [0, 0.1) is 5.92 Å². The number of carbonyl (C=O) groups excluding carboxylic acids is 1. The van der Waals surface area contributed by atoms with Crippen LogP contribution in [0.1, 0.15) is 45.1 Å². The van der Waals surface area contributed by atoms with E-state index in [0.717, 1.165) is 12.8 Å². The molecule has 1 unspecified atom stereocenters. The summed E-state index contributed by atoms with van der Waals surface area (Å²) in [5, 5.41) is 4.08. The van der Waals surface area contributed by atoms with Gasteiger partial charge in [-0.05, 0) is 12.3 Å². The standard InChI is InChI=1S/C14H22N2O4S/c1-3-21(18,19)12-9-15-16(10-12)13(14(17)20-2)8-11-6-4-5-7-11/h9-11,13H,3-8H2,1-2H3. The van der Waals surface area contributed by atoms with Gasteiger partial charge in [0.2, 0.25) is 0 Å². The first-order valence-electron chi connectivity index (χ1n) is 7.32. The molecule has 21 heavy (non-hydrogen) atoms. The lowest BCUT2D eigenvalue weighted by Gasteiger charge is -2.18. The van der Waals surface area contributed by atoms with Gasteiger partial charge in [0.05, 0.1) is 19.1 Å². The summed E-state index contributed by atoms with van der Waals surface area (Å²) in [4.78, 5) is 12.2. The van der Waals surface area contributed by atoms with Crippen molar-refractivity contribution in [3.63, 3.8) is 0 Å². The Morgan fingerprint density at radius 1 is 1.48 bits per heavy atom. The Hall–Kier alpha value is -1.37. The molecule has 1 aliphatic carbocycles. The monoisotopic (exact) mass is 314 g/mol. The first-order valence-corrected chi connectivity index (χ1v) is 8.98. The van der Waals surface area contributed by atoms with Crippen LogP contribution in [0.25, 0.3) is 0 Å². The molecule has 1 aliphatic rings. The SMILES string of the molecule is CCS(=O)(=O)c1cnn(C(CC2CCCC2)C(=O)OC)c1. The third-order valence-corrected chi connectivity index (χ3v) is 5.83. The predicted octanol–water partition coefficient (Wildman–Crippen LogP) is 1.97. The summed E-state index contributed by atoms with van der Waals surface area (Å²) in [6.45, 7) is 1.59. The van der Waals surface area contributed by atoms with Crippen LogP contribution in [0.3, 0.4) is 0 Å². The largest absolute Gasteiger partial charge is 0.467 e. The van der Waals surface area contributed by atoms with Gasteiger partial charge in [-0.15, -0.1) is 0 Å². The lowest BCUT2D eigenvalue weighted by atomic mass is 9.98. The summed E-state index contributed by atoms with van der Waals surface area (Å²) in [6.07, 6.45) is 7.99. The molecule has 1 atom stereocenters. The Morgan fingerprint density at radius 3 is 2.71 bits per heavy atom. The van der Waals surface area contributed by atoms with Crippen LogP contribution < -0.4 is 0 Å². The van der Waals surface area contributed by atoms with Gasteiger partial charge in [-0.2, -0.15) is 5.10 Å². The van der Waals surface area contributed by atoms with Crippen LogP contribution in [0.15, 0.2) is 17.3 Å². The average Bonchev–Trinajstić information content (AvgIpc) is 3.15. The molecule has 2 rings (SSSR count). The van der Waals surface area contributed by atoms with E-state index in [-0.39, 0.29) is 16.6 Å².